The molecular weight excluding hydrogens is 232 g/mol. The molecule has 98 valence electrons. The lowest BCUT2D eigenvalue weighted by atomic mass is 10.2. The largest absolute Gasteiger partial charge is 0.481 e. The highest BCUT2D eigenvalue weighted by atomic mass is 16.4. The van der Waals surface area contributed by atoms with Crippen molar-refractivity contribution in [3.63, 3.8) is 0 Å². The van der Waals surface area contributed by atoms with Crippen LogP contribution in [0.3, 0.4) is 0 Å². The van der Waals surface area contributed by atoms with Gasteiger partial charge in [0.2, 0.25) is 5.91 Å². The number of hydrogen-bond acceptors (Lipinski definition) is 3. The predicted molar refractivity (Wildman–Crippen MR) is 67.1 cm³/mol. The Morgan fingerprint density at radius 1 is 1.28 bits per heavy atom. The van der Waals surface area contributed by atoms with Gasteiger partial charge in [0.05, 0.1) is 0 Å². The van der Waals surface area contributed by atoms with Gasteiger partial charge < -0.3 is 10.4 Å². The minimum atomic E-state index is -0.813. The van der Waals surface area contributed by atoms with E-state index in [2.05, 4.69) is 10.3 Å². The Morgan fingerprint density at radius 2 is 2.06 bits per heavy atom. The van der Waals surface area contributed by atoms with E-state index in [1.807, 2.05) is 12.1 Å². The van der Waals surface area contributed by atoms with Crippen LogP contribution in [0, 0.1) is 0 Å². The van der Waals surface area contributed by atoms with Crippen molar-refractivity contribution >= 4 is 11.9 Å². The summed E-state index contributed by atoms with van der Waals surface area (Å²) in [6.45, 7) is 0.587. The number of aromatic nitrogens is 1. The lowest BCUT2D eigenvalue weighted by Crippen LogP contribution is -2.25. The number of nitrogens with zero attached hydrogens (tertiary/aromatic N) is 1. The van der Waals surface area contributed by atoms with Gasteiger partial charge in [0.15, 0.2) is 0 Å². The Kier molecular flexibility index (Phi) is 6.46. The van der Waals surface area contributed by atoms with E-state index in [0.29, 0.717) is 25.8 Å². The fraction of sp³-hybridized carbons (Fsp3) is 0.462. The molecule has 2 N–H and O–H groups in total. The fourth-order valence-corrected chi connectivity index (χ4v) is 1.54. The van der Waals surface area contributed by atoms with Gasteiger partial charge in [0.25, 0.3) is 0 Å². The summed E-state index contributed by atoms with van der Waals surface area (Å²) in [7, 11) is 0. The van der Waals surface area contributed by atoms with Gasteiger partial charge in [0, 0.05) is 31.8 Å². The highest BCUT2D eigenvalue weighted by Gasteiger charge is 2.02. The van der Waals surface area contributed by atoms with Gasteiger partial charge >= 0.3 is 5.97 Å². The van der Waals surface area contributed by atoms with E-state index >= 15 is 0 Å². The number of rotatable bonds is 8. The monoisotopic (exact) mass is 250 g/mol. The van der Waals surface area contributed by atoms with Gasteiger partial charge in [-0.15, -0.1) is 0 Å². The quantitative estimate of drug-likeness (QED) is 0.683. The van der Waals surface area contributed by atoms with Crippen molar-refractivity contribution in [3.8, 4) is 0 Å². The van der Waals surface area contributed by atoms with E-state index < -0.39 is 5.97 Å². The third-order valence-electron chi connectivity index (χ3n) is 2.50. The molecule has 0 saturated heterocycles. The average molecular weight is 250 g/mol. The number of hydrogen-bond donors (Lipinski definition) is 2. The van der Waals surface area contributed by atoms with Gasteiger partial charge in [0.1, 0.15) is 0 Å². The molecule has 0 aromatic carbocycles. The van der Waals surface area contributed by atoms with Crippen molar-refractivity contribution in [2.45, 2.75) is 32.1 Å². The Morgan fingerprint density at radius 3 is 2.72 bits per heavy atom. The average Bonchev–Trinajstić information content (AvgIpc) is 2.36. The maximum absolute atomic E-state index is 11.4. The molecule has 1 heterocycles. The van der Waals surface area contributed by atoms with Crippen LogP contribution in [0.4, 0.5) is 0 Å². The second-order valence-corrected chi connectivity index (χ2v) is 4.06. The fourth-order valence-electron chi connectivity index (χ4n) is 1.54. The lowest BCUT2D eigenvalue weighted by Gasteiger charge is -2.04. The van der Waals surface area contributed by atoms with Crippen molar-refractivity contribution in [3.05, 3.63) is 30.1 Å². The predicted octanol–water partition coefficient (Wildman–Crippen LogP) is 1.39. The van der Waals surface area contributed by atoms with Crippen LogP contribution in [0.2, 0.25) is 0 Å². The molecule has 0 radical (unpaired) electrons. The summed E-state index contributed by atoms with van der Waals surface area (Å²) in [5.74, 6) is -0.837. The van der Waals surface area contributed by atoms with Gasteiger partial charge in [-0.2, -0.15) is 0 Å². The molecule has 1 aromatic heterocycles. The summed E-state index contributed by atoms with van der Waals surface area (Å²) in [6, 6.07) is 3.83. The van der Waals surface area contributed by atoms with Gasteiger partial charge in [-0.3, -0.25) is 14.6 Å². The molecule has 0 bridgehead atoms. The number of carbonyl (C=O) groups is 2. The first kappa shape index (κ1) is 14.2. The number of carbonyl (C=O) groups excluding carboxylic acids is 1. The second kappa shape index (κ2) is 8.22. The first-order valence-electron chi connectivity index (χ1n) is 6.06. The second-order valence-electron chi connectivity index (χ2n) is 4.06. The Hall–Kier alpha value is -1.91. The zero-order chi connectivity index (χ0) is 13.2. The first-order chi connectivity index (χ1) is 8.68. The van der Waals surface area contributed by atoms with Crippen molar-refractivity contribution in [1.29, 1.82) is 0 Å². The number of pyridine rings is 1. The third-order valence-corrected chi connectivity index (χ3v) is 2.50. The molecule has 0 unspecified atom stereocenters. The summed E-state index contributed by atoms with van der Waals surface area (Å²) in [4.78, 5) is 25.7. The standard InChI is InChI=1S/C13H18N2O3/c16-12(5-1-2-6-13(17)18)15-9-7-11-4-3-8-14-10-11/h3-4,8,10H,1-2,5-7,9H2,(H,15,16)(H,17,18). The zero-order valence-corrected chi connectivity index (χ0v) is 10.3. The third kappa shape index (κ3) is 6.62. The van der Waals surface area contributed by atoms with Crippen LogP contribution in [0.25, 0.3) is 0 Å². The van der Waals surface area contributed by atoms with Gasteiger partial charge in [-0.25, -0.2) is 0 Å². The topological polar surface area (TPSA) is 79.3 Å². The first-order valence-corrected chi connectivity index (χ1v) is 6.06. The van der Waals surface area contributed by atoms with Crippen molar-refractivity contribution < 1.29 is 14.7 Å². The molecule has 0 atom stereocenters. The van der Waals surface area contributed by atoms with Crippen molar-refractivity contribution in [2.24, 2.45) is 0 Å². The smallest absolute Gasteiger partial charge is 0.303 e. The molecule has 0 aliphatic carbocycles. The Labute approximate surface area is 106 Å². The molecule has 0 aliphatic rings. The molecule has 0 fully saturated rings. The van der Waals surface area contributed by atoms with Crippen LogP contribution < -0.4 is 5.32 Å². The number of carboxylic acid groups (broad SMARTS) is 1. The minimum Gasteiger partial charge on any atom is -0.481 e. The van der Waals surface area contributed by atoms with E-state index in [1.54, 1.807) is 12.4 Å². The maximum atomic E-state index is 11.4. The van der Waals surface area contributed by atoms with Crippen LogP contribution in [-0.2, 0) is 16.0 Å². The molecular formula is C13H18N2O3. The number of carboxylic acids is 1. The zero-order valence-electron chi connectivity index (χ0n) is 10.3. The van der Waals surface area contributed by atoms with E-state index in [1.165, 1.54) is 0 Å². The van der Waals surface area contributed by atoms with Crippen LogP contribution >= 0.6 is 0 Å². The Balaban J connectivity index is 2.05. The number of unbranched alkanes of at least 4 members (excludes halogenated alkanes) is 1. The summed E-state index contributed by atoms with van der Waals surface area (Å²) in [6.07, 6.45) is 5.93. The number of aliphatic carboxylic acids is 1. The molecule has 0 saturated carbocycles. The van der Waals surface area contributed by atoms with Gasteiger partial charge in [-0.05, 0) is 30.9 Å². The highest BCUT2D eigenvalue weighted by Crippen LogP contribution is 2.00. The maximum Gasteiger partial charge on any atom is 0.303 e. The number of amides is 1. The summed E-state index contributed by atoms with van der Waals surface area (Å²) in [5.41, 5.74) is 1.09. The minimum absolute atomic E-state index is 0.0238. The van der Waals surface area contributed by atoms with Crippen LogP contribution in [-0.4, -0.2) is 28.5 Å². The van der Waals surface area contributed by atoms with E-state index in [0.717, 1.165) is 12.0 Å². The molecule has 0 spiro atoms. The summed E-state index contributed by atoms with van der Waals surface area (Å²) >= 11 is 0. The molecule has 5 nitrogen and oxygen atoms in total. The van der Waals surface area contributed by atoms with E-state index in [4.69, 9.17) is 5.11 Å². The number of nitrogens with one attached hydrogen (secondary N) is 1. The molecule has 1 aromatic rings. The molecule has 1 amide bonds. The SMILES string of the molecule is O=C(O)CCCCC(=O)NCCc1cccnc1. The molecule has 0 aliphatic heterocycles. The Bertz CT molecular complexity index is 379. The highest BCUT2D eigenvalue weighted by molar-refractivity contribution is 5.75. The normalized spacial score (nSPS) is 10.0. The van der Waals surface area contributed by atoms with Gasteiger partial charge in [-0.1, -0.05) is 6.07 Å². The summed E-state index contributed by atoms with van der Waals surface area (Å²) < 4.78 is 0. The van der Waals surface area contributed by atoms with Crippen LogP contribution in [0.15, 0.2) is 24.5 Å². The summed E-state index contributed by atoms with van der Waals surface area (Å²) in [5, 5.41) is 11.2. The van der Waals surface area contributed by atoms with E-state index in [9.17, 15) is 9.59 Å². The molecule has 1 rings (SSSR count). The van der Waals surface area contributed by atoms with Crippen LogP contribution in [0.1, 0.15) is 31.2 Å². The van der Waals surface area contributed by atoms with Crippen molar-refractivity contribution in [2.75, 3.05) is 6.54 Å². The molecule has 18 heavy (non-hydrogen) atoms. The van der Waals surface area contributed by atoms with E-state index in [-0.39, 0.29) is 12.3 Å². The van der Waals surface area contributed by atoms with Crippen molar-refractivity contribution in [1.82, 2.24) is 10.3 Å². The van der Waals surface area contributed by atoms with Crippen LogP contribution in [0.5, 0.6) is 0 Å². The lowest BCUT2D eigenvalue weighted by molar-refractivity contribution is -0.137. The molecule has 5 heteroatoms.